The van der Waals surface area contributed by atoms with Crippen LogP contribution in [-0.4, -0.2) is 35.8 Å². The summed E-state index contributed by atoms with van der Waals surface area (Å²) in [5, 5.41) is 1.12. The molecule has 2 atom stereocenters. The highest BCUT2D eigenvalue weighted by atomic mass is 35.5. The van der Waals surface area contributed by atoms with Crippen molar-refractivity contribution in [3.63, 3.8) is 0 Å². The fraction of sp³-hybridized carbons (Fsp3) is 0.571. The van der Waals surface area contributed by atoms with Crippen LogP contribution in [0.1, 0.15) is 103 Å². The van der Waals surface area contributed by atoms with Crippen LogP contribution in [0.4, 0.5) is 0 Å². The second kappa shape index (κ2) is 14.4. The highest BCUT2D eigenvalue weighted by Gasteiger charge is 2.45. The van der Waals surface area contributed by atoms with Crippen LogP contribution in [0.3, 0.4) is 0 Å². The molecule has 42 heavy (non-hydrogen) atoms. The van der Waals surface area contributed by atoms with Crippen molar-refractivity contribution < 1.29 is 14.3 Å². The minimum atomic E-state index is -0.694. The van der Waals surface area contributed by atoms with Gasteiger partial charge in [0.2, 0.25) is 6.41 Å². The molecule has 0 radical (unpaired) electrons. The Morgan fingerprint density at radius 1 is 1.07 bits per heavy atom. The number of ether oxygens (including phenoxy) is 1. The molecule has 2 aromatic carbocycles. The van der Waals surface area contributed by atoms with Crippen LogP contribution in [0.2, 0.25) is 10.0 Å². The first kappa shape index (κ1) is 34.1. The van der Waals surface area contributed by atoms with E-state index in [1.54, 1.807) is 6.07 Å². The van der Waals surface area contributed by atoms with E-state index < -0.39 is 5.66 Å². The molecule has 7 heteroatoms. The van der Waals surface area contributed by atoms with E-state index in [1.165, 1.54) is 7.11 Å². The largest absolute Gasteiger partial charge is 0.469 e. The minimum Gasteiger partial charge on any atom is -0.469 e. The van der Waals surface area contributed by atoms with Crippen LogP contribution in [0.15, 0.2) is 47.5 Å². The van der Waals surface area contributed by atoms with E-state index in [9.17, 15) is 9.59 Å². The first-order valence-corrected chi connectivity index (χ1v) is 15.9. The molecule has 0 aromatic heterocycles. The summed E-state index contributed by atoms with van der Waals surface area (Å²) in [5.74, 6) is 0.467. The van der Waals surface area contributed by atoms with Gasteiger partial charge < -0.3 is 9.64 Å². The smallest absolute Gasteiger partial charge is 0.308 e. The number of esters is 1. The summed E-state index contributed by atoms with van der Waals surface area (Å²) in [4.78, 5) is 32.5. The van der Waals surface area contributed by atoms with Crippen LogP contribution < -0.4 is 0 Å². The second-order valence-corrected chi connectivity index (χ2v) is 14.4. The normalized spacial score (nSPS) is 21.1. The molecule has 0 N–H and O–H groups in total. The van der Waals surface area contributed by atoms with Gasteiger partial charge in [0.15, 0.2) is 0 Å². The molecule has 1 amide bonds. The summed E-state index contributed by atoms with van der Waals surface area (Å²) in [5.41, 5.74) is 3.30. The second-order valence-electron chi connectivity index (χ2n) is 13.5. The minimum absolute atomic E-state index is 0.153. The van der Waals surface area contributed by atoms with Gasteiger partial charge in [0.1, 0.15) is 5.66 Å². The molecule has 1 fully saturated rings. The summed E-state index contributed by atoms with van der Waals surface area (Å²) in [7, 11) is 1.42. The maximum absolute atomic E-state index is 13.2. The topological polar surface area (TPSA) is 59.0 Å². The van der Waals surface area contributed by atoms with Crippen LogP contribution in [-0.2, 0) is 20.7 Å². The Hall–Kier alpha value is -2.37. The Bertz CT molecular complexity index is 1220. The molecular weight excluding hydrogens is 567 g/mol. The SMILES string of the molecule is COC(=O)C(C)Cc1ccc(C(CC(C)C)N(C=O)C2(/N=C(\C)c3cc(Cl)cc(Cl)c3)CCC(C(C)(C)C)CC2)cc1. The number of benzene rings is 2. The predicted octanol–water partition coefficient (Wildman–Crippen LogP) is 9.33. The van der Waals surface area contributed by atoms with Crippen molar-refractivity contribution in [1.29, 1.82) is 0 Å². The molecule has 1 aliphatic carbocycles. The van der Waals surface area contributed by atoms with Crippen LogP contribution in [0.25, 0.3) is 0 Å². The molecule has 2 aromatic rings. The molecule has 0 bridgehead atoms. The predicted molar refractivity (Wildman–Crippen MR) is 174 cm³/mol. The van der Waals surface area contributed by atoms with Crippen molar-refractivity contribution in [3.8, 4) is 0 Å². The first-order valence-electron chi connectivity index (χ1n) is 15.1. The molecule has 230 valence electrons. The number of nitrogens with zero attached hydrogens (tertiary/aromatic N) is 2. The van der Waals surface area contributed by atoms with Crippen molar-refractivity contribution in [2.75, 3.05) is 7.11 Å². The van der Waals surface area contributed by atoms with Gasteiger partial charge in [-0.25, -0.2) is 0 Å². The standard InChI is InChI=1S/C35H48Cl2N2O3/c1-23(2)17-32(27-11-9-26(10-12-27)18-24(3)33(41)42-8)39(22-40)35(15-13-29(14-16-35)34(5,6)7)38-25(4)28-19-30(36)21-31(37)20-28/h9-12,19-24,29,32H,13-18H2,1-8H3/b38-25+. The number of carbonyl (C=O) groups is 2. The number of hydrogen-bond donors (Lipinski definition) is 0. The van der Waals surface area contributed by atoms with Gasteiger partial charge in [-0.1, -0.05) is 89.0 Å². The van der Waals surface area contributed by atoms with E-state index in [1.807, 2.05) is 30.9 Å². The fourth-order valence-electron chi connectivity index (χ4n) is 6.35. The zero-order valence-corrected chi connectivity index (χ0v) is 28.1. The molecule has 0 spiro atoms. The molecule has 1 aliphatic rings. The highest BCUT2D eigenvalue weighted by molar-refractivity contribution is 6.35. The third-order valence-corrected chi connectivity index (χ3v) is 9.24. The molecule has 0 saturated heterocycles. The van der Waals surface area contributed by atoms with Crippen molar-refractivity contribution in [2.45, 2.75) is 98.7 Å². The Morgan fingerprint density at radius 3 is 2.12 bits per heavy atom. The van der Waals surface area contributed by atoms with Gasteiger partial charge in [0.05, 0.1) is 19.1 Å². The zero-order valence-electron chi connectivity index (χ0n) is 26.5. The number of halogens is 2. The average Bonchev–Trinajstić information content (AvgIpc) is 2.91. The first-order chi connectivity index (χ1) is 19.7. The van der Waals surface area contributed by atoms with E-state index in [0.29, 0.717) is 28.3 Å². The lowest BCUT2D eigenvalue weighted by atomic mass is 9.69. The van der Waals surface area contributed by atoms with Crippen LogP contribution in [0.5, 0.6) is 0 Å². The number of methoxy groups -OCH3 is 1. The number of amides is 1. The summed E-state index contributed by atoms with van der Waals surface area (Å²) in [6.45, 7) is 15.1. The van der Waals surface area contributed by atoms with Gasteiger partial charge in [-0.2, -0.15) is 0 Å². The van der Waals surface area contributed by atoms with Crippen molar-refractivity contribution >= 4 is 41.3 Å². The Kier molecular flexibility index (Phi) is 11.7. The van der Waals surface area contributed by atoms with E-state index in [4.69, 9.17) is 32.9 Å². The van der Waals surface area contributed by atoms with Gasteiger partial charge in [-0.15, -0.1) is 0 Å². The number of rotatable bonds is 11. The molecule has 5 nitrogen and oxygen atoms in total. The van der Waals surface area contributed by atoms with Gasteiger partial charge >= 0.3 is 5.97 Å². The quantitative estimate of drug-likeness (QED) is 0.144. The summed E-state index contributed by atoms with van der Waals surface area (Å²) >= 11 is 12.7. The third-order valence-electron chi connectivity index (χ3n) is 8.80. The fourth-order valence-corrected chi connectivity index (χ4v) is 6.87. The number of aliphatic imine (C=N–C) groups is 1. The van der Waals surface area contributed by atoms with Crippen molar-refractivity contribution in [3.05, 3.63) is 69.2 Å². The Balaban J connectivity index is 2.07. The maximum Gasteiger partial charge on any atom is 0.308 e. The molecule has 3 rings (SSSR count). The summed E-state index contributed by atoms with van der Waals surface area (Å²) in [6.07, 6.45) is 5.95. The monoisotopic (exact) mass is 614 g/mol. The average molecular weight is 616 g/mol. The molecule has 2 unspecified atom stereocenters. The van der Waals surface area contributed by atoms with E-state index in [2.05, 4.69) is 58.9 Å². The van der Waals surface area contributed by atoms with E-state index >= 15 is 0 Å². The Morgan fingerprint density at radius 2 is 1.64 bits per heavy atom. The zero-order chi connectivity index (χ0) is 31.2. The molecule has 0 heterocycles. The summed E-state index contributed by atoms with van der Waals surface area (Å²) in [6, 6.07) is 13.7. The lowest BCUT2D eigenvalue weighted by Crippen LogP contribution is -2.52. The molecule has 0 aliphatic heterocycles. The van der Waals surface area contributed by atoms with Crippen molar-refractivity contribution in [1.82, 2.24) is 4.90 Å². The molecular formula is C35H48Cl2N2O3. The van der Waals surface area contributed by atoms with Gasteiger partial charge in [-0.3, -0.25) is 14.6 Å². The lowest BCUT2D eigenvalue weighted by Gasteiger charge is -2.49. The highest BCUT2D eigenvalue weighted by Crippen LogP contribution is 2.47. The van der Waals surface area contributed by atoms with Crippen LogP contribution >= 0.6 is 23.2 Å². The van der Waals surface area contributed by atoms with E-state index in [-0.39, 0.29) is 23.3 Å². The van der Waals surface area contributed by atoms with Gasteiger partial charge in [0, 0.05) is 15.8 Å². The number of hydrogen-bond acceptors (Lipinski definition) is 4. The van der Waals surface area contributed by atoms with E-state index in [0.717, 1.165) is 60.9 Å². The number of carbonyl (C=O) groups excluding carboxylic acids is 2. The van der Waals surface area contributed by atoms with Gasteiger partial charge in [-0.05, 0) is 97.6 Å². The third kappa shape index (κ3) is 8.60. The Labute approximate surface area is 263 Å². The van der Waals surface area contributed by atoms with Crippen LogP contribution in [0, 0.1) is 23.2 Å². The summed E-state index contributed by atoms with van der Waals surface area (Å²) < 4.78 is 4.91. The van der Waals surface area contributed by atoms with Crippen molar-refractivity contribution in [2.24, 2.45) is 28.2 Å². The maximum atomic E-state index is 13.2. The van der Waals surface area contributed by atoms with Gasteiger partial charge in [0.25, 0.3) is 0 Å². The lowest BCUT2D eigenvalue weighted by molar-refractivity contribution is -0.144. The molecule has 1 saturated carbocycles.